The quantitative estimate of drug-likeness (QED) is 0.794. The van der Waals surface area contributed by atoms with Crippen LogP contribution in [-0.4, -0.2) is 17.5 Å². The molecule has 0 saturated carbocycles. The zero-order chi connectivity index (χ0) is 15.4. The molecule has 0 bridgehead atoms. The zero-order valence-electron chi connectivity index (χ0n) is 11.6. The summed E-state index contributed by atoms with van der Waals surface area (Å²) in [5, 5.41) is 4.24. The molecule has 1 N–H and O–H groups in total. The van der Waals surface area contributed by atoms with Crippen molar-refractivity contribution < 1.29 is 9.53 Å². The van der Waals surface area contributed by atoms with Crippen molar-refractivity contribution in [2.45, 2.75) is 0 Å². The predicted octanol–water partition coefficient (Wildman–Crippen LogP) is 3.91. The van der Waals surface area contributed by atoms with Crippen LogP contribution in [0.25, 0.3) is 10.9 Å². The monoisotopic (exact) mass is 312 g/mol. The third-order valence-electron chi connectivity index (χ3n) is 3.10. The van der Waals surface area contributed by atoms with Crippen molar-refractivity contribution in [1.82, 2.24) is 4.98 Å². The van der Waals surface area contributed by atoms with E-state index in [9.17, 15) is 4.79 Å². The van der Waals surface area contributed by atoms with Crippen LogP contribution in [0.2, 0.25) is 5.02 Å². The molecule has 1 aromatic heterocycles. The minimum absolute atomic E-state index is 0.118. The summed E-state index contributed by atoms with van der Waals surface area (Å²) in [7, 11) is 0. The molecule has 0 saturated heterocycles. The number of ether oxygens (including phenoxy) is 1. The van der Waals surface area contributed by atoms with Gasteiger partial charge in [0, 0.05) is 11.6 Å². The normalized spacial score (nSPS) is 10.4. The maximum atomic E-state index is 12.0. The van der Waals surface area contributed by atoms with Crippen molar-refractivity contribution in [3.8, 4) is 5.75 Å². The number of carbonyl (C=O) groups is 1. The highest BCUT2D eigenvalue weighted by Crippen LogP contribution is 2.23. The predicted molar refractivity (Wildman–Crippen MR) is 87.3 cm³/mol. The SMILES string of the molecule is O=C(COc1ccccc1Cl)Nc1cccc2cccnc12. The molecule has 1 amide bonds. The molecule has 0 spiro atoms. The van der Waals surface area contributed by atoms with Gasteiger partial charge in [0.05, 0.1) is 16.2 Å². The van der Waals surface area contributed by atoms with Gasteiger partial charge in [-0.25, -0.2) is 0 Å². The molecular weight excluding hydrogens is 300 g/mol. The number of rotatable bonds is 4. The van der Waals surface area contributed by atoms with Crippen LogP contribution in [0.1, 0.15) is 0 Å². The lowest BCUT2D eigenvalue weighted by Crippen LogP contribution is -2.20. The van der Waals surface area contributed by atoms with Crippen molar-refractivity contribution >= 4 is 34.1 Å². The van der Waals surface area contributed by atoms with Gasteiger partial charge < -0.3 is 10.1 Å². The van der Waals surface area contributed by atoms with Crippen LogP contribution >= 0.6 is 11.6 Å². The summed E-state index contributed by atoms with van der Waals surface area (Å²) in [6.45, 7) is -0.118. The van der Waals surface area contributed by atoms with E-state index < -0.39 is 0 Å². The summed E-state index contributed by atoms with van der Waals surface area (Å²) >= 11 is 5.98. The van der Waals surface area contributed by atoms with E-state index in [2.05, 4.69) is 10.3 Å². The lowest BCUT2D eigenvalue weighted by molar-refractivity contribution is -0.118. The van der Waals surface area contributed by atoms with Crippen molar-refractivity contribution in [1.29, 1.82) is 0 Å². The summed E-state index contributed by atoms with van der Waals surface area (Å²) in [6.07, 6.45) is 1.69. The van der Waals surface area contributed by atoms with Crippen LogP contribution in [-0.2, 0) is 4.79 Å². The van der Waals surface area contributed by atoms with Gasteiger partial charge in [0.25, 0.3) is 5.91 Å². The van der Waals surface area contributed by atoms with Crippen molar-refractivity contribution in [2.75, 3.05) is 11.9 Å². The van der Waals surface area contributed by atoms with E-state index in [1.807, 2.05) is 30.3 Å². The average Bonchev–Trinajstić information content (AvgIpc) is 2.54. The molecule has 5 heteroatoms. The topological polar surface area (TPSA) is 51.2 Å². The summed E-state index contributed by atoms with van der Waals surface area (Å²) in [5.41, 5.74) is 1.40. The molecule has 2 aromatic carbocycles. The standard InChI is InChI=1S/C17H13ClN2O2/c18-13-7-1-2-9-15(13)22-11-16(21)20-14-8-3-5-12-6-4-10-19-17(12)14/h1-10H,11H2,(H,20,21). The first kappa shape index (κ1) is 14.4. The third-order valence-corrected chi connectivity index (χ3v) is 3.41. The summed E-state index contributed by atoms with van der Waals surface area (Å²) in [6, 6.07) is 16.4. The largest absolute Gasteiger partial charge is 0.482 e. The maximum absolute atomic E-state index is 12.0. The van der Waals surface area contributed by atoms with Gasteiger partial charge in [-0.05, 0) is 24.3 Å². The Morgan fingerprint density at radius 1 is 1.09 bits per heavy atom. The molecule has 3 rings (SSSR count). The molecule has 0 aliphatic heterocycles. The molecule has 0 radical (unpaired) electrons. The molecule has 22 heavy (non-hydrogen) atoms. The van der Waals surface area contributed by atoms with Gasteiger partial charge in [0.1, 0.15) is 5.75 Å². The molecule has 0 unspecified atom stereocenters. The molecular formula is C17H13ClN2O2. The van der Waals surface area contributed by atoms with Gasteiger partial charge in [-0.1, -0.05) is 41.9 Å². The first-order valence-corrected chi connectivity index (χ1v) is 7.13. The third kappa shape index (κ3) is 3.18. The van der Waals surface area contributed by atoms with Crippen LogP contribution in [0, 0.1) is 0 Å². The van der Waals surface area contributed by atoms with E-state index in [0.29, 0.717) is 16.5 Å². The van der Waals surface area contributed by atoms with Crippen LogP contribution < -0.4 is 10.1 Å². The Morgan fingerprint density at radius 3 is 2.77 bits per heavy atom. The number of carbonyl (C=O) groups excluding carboxylic acids is 1. The van der Waals surface area contributed by atoms with Crippen LogP contribution in [0.4, 0.5) is 5.69 Å². The second kappa shape index (κ2) is 6.45. The van der Waals surface area contributed by atoms with Gasteiger partial charge in [-0.2, -0.15) is 0 Å². The lowest BCUT2D eigenvalue weighted by atomic mass is 10.2. The zero-order valence-corrected chi connectivity index (χ0v) is 12.4. The van der Waals surface area contributed by atoms with Crippen LogP contribution in [0.5, 0.6) is 5.75 Å². The highest BCUT2D eigenvalue weighted by molar-refractivity contribution is 6.32. The molecule has 0 aliphatic rings. The van der Waals surface area contributed by atoms with E-state index in [0.717, 1.165) is 10.9 Å². The summed E-state index contributed by atoms with van der Waals surface area (Å²) in [4.78, 5) is 16.3. The number of hydrogen-bond donors (Lipinski definition) is 1. The highest BCUT2D eigenvalue weighted by atomic mass is 35.5. The molecule has 0 aliphatic carbocycles. The van der Waals surface area contributed by atoms with E-state index in [1.165, 1.54) is 0 Å². The number of nitrogens with one attached hydrogen (secondary N) is 1. The summed E-state index contributed by atoms with van der Waals surface area (Å²) in [5.74, 6) is 0.216. The van der Waals surface area contributed by atoms with Gasteiger partial charge in [-0.15, -0.1) is 0 Å². The average molecular weight is 313 g/mol. The van der Waals surface area contributed by atoms with Gasteiger partial charge >= 0.3 is 0 Å². The minimum atomic E-state index is -0.266. The maximum Gasteiger partial charge on any atom is 0.262 e. The van der Waals surface area contributed by atoms with E-state index in [1.54, 1.807) is 30.5 Å². The summed E-state index contributed by atoms with van der Waals surface area (Å²) < 4.78 is 5.42. The number of para-hydroxylation sites is 2. The Morgan fingerprint density at radius 2 is 1.91 bits per heavy atom. The smallest absolute Gasteiger partial charge is 0.262 e. The van der Waals surface area contributed by atoms with Crippen molar-refractivity contribution in [3.05, 3.63) is 65.8 Å². The fraction of sp³-hybridized carbons (Fsp3) is 0.0588. The van der Waals surface area contributed by atoms with Gasteiger partial charge in [-0.3, -0.25) is 9.78 Å². The first-order chi connectivity index (χ1) is 10.7. The second-order valence-electron chi connectivity index (χ2n) is 4.65. The Bertz CT molecular complexity index is 815. The lowest BCUT2D eigenvalue weighted by Gasteiger charge is -2.10. The number of anilines is 1. The van der Waals surface area contributed by atoms with Crippen molar-refractivity contribution in [3.63, 3.8) is 0 Å². The molecule has 110 valence electrons. The van der Waals surface area contributed by atoms with E-state index in [4.69, 9.17) is 16.3 Å². The number of aromatic nitrogens is 1. The van der Waals surface area contributed by atoms with E-state index >= 15 is 0 Å². The fourth-order valence-corrected chi connectivity index (χ4v) is 2.29. The number of pyridine rings is 1. The van der Waals surface area contributed by atoms with E-state index in [-0.39, 0.29) is 12.5 Å². The molecule has 0 atom stereocenters. The number of benzene rings is 2. The van der Waals surface area contributed by atoms with Crippen LogP contribution in [0.15, 0.2) is 60.8 Å². The molecule has 0 fully saturated rings. The molecule has 4 nitrogen and oxygen atoms in total. The van der Waals surface area contributed by atoms with Gasteiger partial charge in [0.2, 0.25) is 0 Å². The van der Waals surface area contributed by atoms with Crippen molar-refractivity contribution in [2.24, 2.45) is 0 Å². The highest BCUT2D eigenvalue weighted by Gasteiger charge is 2.08. The number of halogens is 1. The van der Waals surface area contributed by atoms with Gasteiger partial charge in [0.15, 0.2) is 6.61 Å². The Kier molecular flexibility index (Phi) is 4.21. The minimum Gasteiger partial charge on any atom is -0.482 e. The Labute approximate surface area is 132 Å². The Balaban J connectivity index is 1.70. The number of amides is 1. The first-order valence-electron chi connectivity index (χ1n) is 6.75. The molecule has 1 heterocycles. The molecule has 3 aromatic rings. The van der Waals surface area contributed by atoms with Crippen LogP contribution in [0.3, 0.4) is 0 Å². The number of hydrogen-bond acceptors (Lipinski definition) is 3. The Hall–Kier alpha value is -2.59. The number of fused-ring (bicyclic) bond motifs is 1. The fourth-order valence-electron chi connectivity index (χ4n) is 2.10. The second-order valence-corrected chi connectivity index (χ2v) is 5.06. The number of nitrogens with zero attached hydrogens (tertiary/aromatic N) is 1.